The van der Waals surface area contributed by atoms with Crippen molar-refractivity contribution in [2.75, 3.05) is 20.3 Å². The molecule has 0 bridgehead atoms. The Morgan fingerprint density at radius 3 is 2.95 bits per heavy atom. The summed E-state index contributed by atoms with van der Waals surface area (Å²) < 4.78 is 10.3. The van der Waals surface area contributed by atoms with Gasteiger partial charge in [-0.2, -0.15) is 0 Å². The molecule has 1 heterocycles. The van der Waals surface area contributed by atoms with Gasteiger partial charge in [0.15, 0.2) is 0 Å². The molecule has 0 atom stereocenters. The fraction of sp³-hybridized carbons (Fsp3) is 0.357. The zero-order valence-corrected chi connectivity index (χ0v) is 10.8. The summed E-state index contributed by atoms with van der Waals surface area (Å²) in [6.45, 7) is 1.93. The Morgan fingerprint density at radius 2 is 2.21 bits per heavy atom. The van der Waals surface area contributed by atoms with E-state index in [0.717, 1.165) is 18.4 Å². The van der Waals surface area contributed by atoms with Crippen molar-refractivity contribution < 1.29 is 19.1 Å². The highest BCUT2D eigenvalue weighted by Crippen LogP contribution is 2.25. The second-order valence-corrected chi connectivity index (χ2v) is 4.23. The Hall–Kier alpha value is -1.85. The smallest absolute Gasteiger partial charge is 0.372 e. The molecule has 0 fully saturated rings. The maximum atomic E-state index is 11.2. The molecule has 0 aliphatic carbocycles. The van der Waals surface area contributed by atoms with Gasteiger partial charge >= 0.3 is 5.97 Å². The average molecular weight is 263 g/mol. The first-order chi connectivity index (χ1) is 9.24. The van der Waals surface area contributed by atoms with Gasteiger partial charge in [0.05, 0.1) is 0 Å². The zero-order valence-electron chi connectivity index (χ0n) is 10.8. The number of carboxylic acids is 1. The number of para-hydroxylation sites is 1. The number of rotatable bonds is 7. The fourth-order valence-corrected chi connectivity index (χ4v) is 2.00. The van der Waals surface area contributed by atoms with E-state index in [1.165, 1.54) is 0 Å². The predicted molar refractivity (Wildman–Crippen MR) is 71.4 cm³/mol. The number of methoxy groups -OCH3 is 1. The van der Waals surface area contributed by atoms with E-state index in [1.807, 2.05) is 18.2 Å². The number of carbonyl (C=O) groups is 1. The number of nitrogens with one attached hydrogen (secondary N) is 1. The number of furan rings is 1. The summed E-state index contributed by atoms with van der Waals surface area (Å²) in [4.78, 5) is 11.2. The summed E-state index contributed by atoms with van der Waals surface area (Å²) in [6, 6.07) is 7.35. The monoisotopic (exact) mass is 263 g/mol. The Bertz CT molecular complexity index is 562. The van der Waals surface area contributed by atoms with E-state index in [1.54, 1.807) is 13.2 Å². The topological polar surface area (TPSA) is 71.7 Å². The van der Waals surface area contributed by atoms with Gasteiger partial charge in [0.25, 0.3) is 0 Å². The minimum atomic E-state index is -1.04. The molecule has 0 unspecified atom stereocenters. The molecule has 0 saturated heterocycles. The number of ether oxygens (including phenoxy) is 1. The molecular formula is C14H17NO4. The summed E-state index contributed by atoms with van der Waals surface area (Å²) in [5.41, 5.74) is 1.30. The molecule has 5 nitrogen and oxygen atoms in total. The van der Waals surface area contributed by atoms with Gasteiger partial charge in [-0.3, -0.25) is 0 Å². The first-order valence-electron chi connectivity index (χ1n) is 6.17. The number of carboxylic acid groups (broad SMARTS) is 1. The molecule has 2 N–H and O–H groups in total. The first-order valence-corrected chi connectivity index (χ1v) is 6.17. The SMILES string of the molecule is COCCCNCc1c(C(=O)O)oc2ccccc12. The van der Waals surface area contributed by atoms with Crippen molar-refractivity contribution in [1.82, 2.24) is 5.32 Å². The molecule has 102 valence electrons. The highest BCUT2D eigenvalue weighted by atomic mass is 16.5. The van der Waals surface area contributed by atoms with Gasteiger partial charge < -0.3 is 19.6 Å². The van der Waals surface area contributed by atoms with Crippen LogP contribution in [0.1, 0.15) is 22.5 Å². The van der Waals surface area contributed by atoms with Crippen molar-refractivity contribution in [2.45, 2.75) is 13.0 Å². The van der Waals surface area contributed by atoms with Crippen LogP contribution in [-0.4, -0.2) is 31.3 Å². The summed E-state index contributed by atoms with van der Waals surface area (Å²) >= 11 is 0. The lowest BCUT2D eigenvalue weighted by Crippen LogP contribution is -2.17. The molecule has 0 amide bonds. The Labute approximate surface area is 111 Å². The van der Waals surface area contributed by atoms with Crippen LogP contribution in [0.4, 0.5) is 0 Å². The second-order valence-electron chi connectivity index (χ2n) is 4.23. The Balaban J connectivity index is 2.15. The maximum Gasteiger partial charge on any atom is 0.372 e. The molecule has 0 saturated carbocycles. The highest BCUT2D eigenvalue weighted by Gasteiger charge is 2.18. The fourth-order valence-electron chi connectivity index (χ4n) is 2.00. The average Bonchev–Trinajstić information content (AvgIpc) is 2.78. The van der Waals surface area contributed by atoms with Crippen molar-refractivity contribution in [3.05, 3.63) is 35.6 Å². The van der Waals surface area contributed by atoms with Gasteiger partial charge in [-0.25, -0.2) is 4.79 Å². The van der Waals surface area contributed by atoms with Crippen molar-refractivity contribution in [3.8, 4) is 0 Å². The van der Waals surface area contributed by atoms with E-state index in [4.69, 9.17) is 14.3 Å². The third kappa shape index (κ3) is 3.13. The normalized spacial score (nSPS) is 11.0. The van der Waals surface area contributed by atoms with Crippen LogP contribution in [-0.2, 0) is 11.3 Å². The van der Waals surface area contributed by atoms with E-state index >= 15 is 0 Å². The number of benzene rings is 1. The van der Waals surface area contributed by atoms with E-state index in [9.17, 15) is 4.79 Å². The molecule has 0 radical (unpaired) electrons. The maximum absolute atomic E-state index is 11.2. The van der Waals surface area contributed by atoms with Crippen LogP contribution in [0.3, 0.4) is 0 Å². The molecule has 19 heavy (non-hydrogen) atoms. The third-order valence-corrected chi connectivity index (χ3v) is 2.90. The predicted octanol–water partition coefficient (Wildman–Crippen LogP) is 2.26. The van der Waals surface area contributed by atoms with Crippen LogP contribution in [0, 0.1) is 0 Å². The second kappa shape index (κ2) is 6.36. The molecule has 2 rings (SSSR count). The van der Waals surface area contributed by atoms with Gasteiger partial charge in [-0.05, 0) is 19.0 Å². The largest absolute Gasteiger partial charge is 0.475 e. The quantitative estimate of drug-likeness (QED) is 0.750. The van der Waals surface area contributed by atoms with Gasteiger partial charge in [0, 0.05) is 31.2 Å². The Kier molecular flexibility index (Phi) is 4.54. The molecule has 0 aliphatic rings. The minimum Gasteiger partial charge on any atom is -0.475 e. The van der Waals surface area contributed by atoms with E-state index in [2.05, 4.69) is 5.32 Å². The zero-order chi connectivity index (χ0) is 13.7. The van der Waals surface area contributed by atoms with Crippen LogP contribution >= 0.6 is 0 Å². The molecule has 0 aliphatic heterocycles. The van der Waals surface area contributed by atoms with E-state index in [0.29, 0.717) is 24.3 Å². The van der Waals surface area contributed by atoms with Crippen molar-refractivity contribution in [3.63, 3.8) is 0 Å². The molecule has 2 aromatic rings. The number of hydrogen-bond donors (Lipinski definition) is 2. The molecule has 1 aromatic heterocycles. The van der Waals surface area contributed by atoms with Crippen LogP contribution < -0.4 is 5.32 Å². The molecule has 0 spiro atoms. The standard InChI is InChI=1S/C14H17NO4/c1-18-8-4-7-15-9-11-10-5-2-3-6-12(10)19-13(11)14(16)17/h2-3,5-6,15H,4,7-9H2,1H3,(H,16,17). The van der Waals surface area contributed by atoms with E-state index < -0.39 is 5.97 Å². The van der Waals surface area contributed by atoms with Crippen LogP contribution in [0.25, 0.3) is 11.0 Å². The first kappa shape index (κ1) is 13.6. The molecule has 1 aromatic carbocycles. The lowest BCUT2D eigenvalue weighted by Gasteiger charge is -2.04. The van der Waals surface area contributed by atoms with Crippen molar-refractivity contribution >= 4 is 16.9 Å². The van der Waals surface area contributed by atoms with E-state index in [-0.39, 0.29) is 5.76 Å². The van der Waals surface area contributed by atoms with Crippen LogP contribution in [0.2, 0.25) is 0 Å². The number of aromatic carboxylic acids is 1. The van der Waals surface area contributed by atoms with Crippen molar-refractivity contribution in [2.24, 2.45) is 0 Å². The lowest BCUT2D eigenvalue weighted by atomic mass is 10.1. The summed E-state index contributed by atoms with van der Waals surface area (Å²) in [6.07, 6.45) is 0.884. The number of hydrogen-bond acceptors (Lipinski definition) is 4. The third-order valence-electron chi connectivity index (χ3n) is 2.90. The van der Waals surface area contributed by atoms with Gasteiger partial charge in [-0.15, -0.1) is 0 Å². The lowest BCUT2D eigenvalue weighted by molar-refractivity contribution is 0.0663. The number of fused-ring (bicyclic) bond motifs is 1. The molecule has 5 heteroatoms. The minimum absolute atomic E-state index is 0.0143. The van der Waals surface area contributed by atoms with Gasteiger partial charge in [0.2, 0.25) is 5.76 Å². The summed E-state index contributed by atoms with van der Waals surface area (Å²) in [5.74, 6) is -1.02. The van der Waals surface area contributed by atoms with Crippen molar-refractivity contribution in [1.29, 1.82) is 0 Å². The molecular weight excluding hydrogens is 246 g/mol. The van der Waals surface area contributed by atoms with Gasteiger partial charge in [-0.1, -0.05) is 18.2 Å². The summed E-state index contributed by atoms with van der Waals surface area (Å²) in [7, 11) is 1.66. The Morgan fingerprint density at radius 1 is 1.42 bits per heavy atom. The van der Waals surface area contributed by atoms with Crippen LogP contribution in [0.15, 0.2) is 28.7 Å². The summed E-state index contributed by atoms with van der Waals surface area (Å²) in [5, 5.41) is 13.2. The van der Waals surface area contributed by atoms with Gasteiger partial charge in [0.1, 0.15) is 5.58 Å². The van der Waals surface area contributed by atoms with Crippen LogP contribution in [0.5, 0.6) is 0 Å². The highest BCUT2D eigenvalue weighted by molar-refractivity contribution is 5.95.